The van der Waals surface area contributed by atoms with Crippen molar-refractivity contribution in [3.05, 3.63) is 35.6 Å². The van der Waals surface area contributed by atoms with E-state index in [-0.39, 0.29) is 35.5 Å². The smallest absolute Gasteiger partial charge is 0.225 e. The molecule has 0 saturated carbocycles. The van der Waals surface area contributed by atoms with Crippen LogP contribution in [0, 0.1) is 17.2 Å². The zero-order valence-electron chi connectivity index (χ0n) is 13.2. The summed E-state index contributed by atoms with van der Waals surface area (Å²) in [5.74, 6) is -0.475. The van der Waals surface area contributed by atoms with Gasteiger partial charge in [0.25, 0.3) is 0 Å². The number of hydrogen-bond donors (Lipinski definition) is 1. The number of halogens is 2. The molecule has 0 fully saturated rings. The highest BCUT2D eigenvalue weighted by Crippen LogP contribution is 2.18. The monoisotopic (exact) mass is 316 g/mol. The molecule has 3 nitrogen and oxygen atoms in total. The predicted octanol–water partition coefficient (Wildman–Crippen LogP) is 2.87. The Morgan fingerprint density at radius 3 is 2.48 bits per heavy atom. The summed E-state index contributed by atoms with van der Waals surface area (Å²) < 4.78 is 13.6. The van der Waals surface area contributed by atoms with Gasteiger partial charge in [-0.2, -0.15) is 0 Å². The van der Waals surface area contributed by atoms with E-state index in [1.165, 1.54) is 6.07 Å². The maximum atomic E-state index is 13.6. The van der Waals surface area contributed by atoms with Crippen molar-refractivity contribution in [1.29, 1.82) is 0 Å². The van der Waals surface area contributed by atoms with Crippen LogP contribution in [0.4, 0.5) is 4.39 Å². The Morgan fingerprint density at radius 1 is 1.38 bits per heavy atom. The zero-order valence-corrected chi connectivity index (χ0v) is 14.0. The third-order valence-corrected chi connectivity index (χ3v) is 3.50. The van der Waals surface area contributed by atoms with Gasteiger partial charge in [0, 0.05) is 19.5 Å². The lowest BCUT2D eigenvalue weighted by Gasteiger charge is -2.30. The fourth-order valence-corrected chi connectivity index (χ4v) is 2.24. The molecule has 21 heavy (non-hydrogen) atoms. The van der Waals surface area contributed by atoms with Gasteiger partial charge < -0.3 is 10.6 Å². The quantitative estimate of drug-likeness (QED) is 0.877. The minimum atomic E-state index is -0.253. The Morgan fingerprint density at radius 2 is 1.95 bits per heavy atom. The normalized spacial score (nSPS) is 12.5. The van der Waals surface area contributed by atoms with Crippen molar-refractivity contribution < 1.29 is 9.18 Å². The van der Waals surface area contributed by atoms with Crippen molar-refractivity contribution in [1.82, 2.24) is 4.90 Å². The molecule has 2 N–H and O–H groups in total. The van der Waals surface area contributed by atoms with Crippen LogP contribution in [-0.2, 0) is 11.2 Å². The summed E-state index contributed by atoms with van der Waals surface area (Å²) in [5.41, 5.74) is 6.16. The average molecular weight is 317 g/mol. The van der Waals surface area contributed by atoms with E-state index >= 15 is 0 Å². The molecule has 1 amide bonds. The Kier molecular flexibility index (Phi) is 7.90. The molecule has 0 saturated heterocycles. The molecule has 1 atom stereocenters. The molecule has 0 aliphatic heterocycles. The molecule has 0 aliphatic carbocycles. The Labute approximate surface area is 133 Å². The highest BCUT2D eigenvalue weighted by atomic mass is 35.5. The summed E-state index contributed by atoms with van der Waals surface area (Å²) >= 11 is 0. The molecule has 120 valence electrons. The fourth-order valence-electron chi connectivity index (χ4n) is 2.24. The minimum Gasteiger partial charge on any atom is -0.345 e. The van der Waals surface area contributed by atoms with Gasteiger partial charge in [0.2, 0.25) is 5.91 Å². The molecule has 1 aromatic rings. The Hall–Kier alpha value is -1.13. The van der Waals surface area contributed by atoms with Crippen molar-refractivity contribution in [3.8, 4) is 0 Å². The summed E-state index contributed by atoms with van der Waals surface area (Å²) in [6.07, 6.45) is 0.416. The molecule has 0 bridgehead atoms. The van der Waals surface area contributed by atoms with Gasteiger partial charge in [-0.25, -0.2) is 4.39 Å². The minimum absolute atomic E-state index is 0. The summed E-state index contributed by atoms with van der Waals surface area (Å²) in [5, 5.41) is 0. The van der Waals surface area contributed by atoms with E-state index in [9.17, 15) is 9.18 Å². The second-order valence-corrected chi connectivity index (χ2v) is 6.26. The van der Waals surface area contributed by atoms with E-state index < -0.39 is 0 Å². The molecule has 5 heteroatoms. The van der Waals surface area contributed by atoms with Gasteiger partial charge in [0.1, 0.15) is 5.82 Å². The van der Waals surface area contributed by atoms with Crippen molar-refractivity contribution in [2.24, 2.45) is 17.1 Å². The van der Waals surface area contributed by atoms with Crippen LogP contribution >= 0.6 is 12.4 Å². The summed E-state index contributed by atoms with van der Waals surface area (Å²) in [7, 11) is 1.78. The van der Waals surface area contributed by atoms with Crippen molar-refractivity contribution >= 4 is 18.3 Å². The van der Waals surface area contributed by atoms with Crippen LogP contribution in [0.3, 0.4) is 0 Å². The van der Waals surface area contributed by atoms with Gasteiger partial charge in [-0.1, -0.05) is 39.0 Å². The van der Waals surface area contributed by atoms with Gasteiger partial charge in [0.15, 0.2) is 0 Å². The molecular formula is C16H26ClFN2O. The first-order valence-electron chi connectivity index (χ1n) is 6.95. The lowest BCUT2D eigenvalue weighted by molar-refractivity contribution is -0.134. The molecule has 0 radical (unpaired) electrons. The number of hydrogen-bond acceptors (Lipinski definition) is 2. The van der Waals surface area contributed by atoms with E-state index in [4.69, 9.17) is 5.73 Å². The molecule has 0 heterocycles. The largest absolute Gasteiger partial charge is 0.345 e. The van der Waals surface area contributed by atoms with Crippen LogP contribution in [-0.4, -0.2) is 30.9 Å². The summed E-state index contributed by atoms with van der Waals surface area (Å²) in [4.78, 5) is 14.0. The first-order chi connectivity index (χ1) is 9.26. The topological polar surface area (TPSA) is 46.3 Å². The van der Waals surface area contributed by atoms with E-state index in [1.54, 1.807) is 30.1 Å². The van der Waals surface area contributed by atoms with Crippen LogP contribution in [0.5, 0.6) is 0 Å². The molecule has 0 aromatic heterocycles. The molecule has 0 spiro atoms. The molecule has 0 aliphatic rings. The van der Waals surface area contributed by atoms with Crippen LogP contribution in [0.2, 0.25) is 0 Å². The van der Waals surface area contributed by atoms with Gasteiger partial charge in [-0.15, -0.1) is 12.4 Å². The van der Waals surface area contributed by atoms with Gasteiger partial charge in [0.05, 0.1) is 0 Å². The fraction of sp³-hybridized carbons (Fsp3) is 0.562. The highest BCUT2D eigenvalue weighted by molar-refractivity contribution is 5.85. The molecule has 1 aromatic carbocycles. The van der Waals surface area contributed by atoms with Crippen molar-refractivity contribution in [2.45, 2.75) is 27.2 Å². The van der Waals surface area contributed by atoms with E-state index in [2.05, 4.69) is 0 Å². The number of benzene rings is 1. The van der Waals surface area contributed by atoms with E-state index in [0.29, 0.717) is 25.1 Å². The first kappa shape index (κ1) is 19.9. The number of rotatable bonds is 6. The second kappa shape index (κ2) is 8.35. The van der Waals surface area contributed by atoms with Gasteiger partial charge in [-0.3, -0.25) is 4.79 Å². The molecule has 1 rings (SSSR count). The molecule has 1 unspecified atom stereocenters. The maximum absolute atomic E-state index is 13.6. The van der Waals surface area contributed by atoms with Crippen molar-refractivity contribution in [2.75, 3.05) is 20.1 Å². The van der Waals surface area contributed by atoms with E-state index in [0.717, 1.165) is 0 Å². The average Bonchev–Trinajstić information content (AvgIpc) is 2.40. The number of carbonyl (C=O) groups is 1. The maximum Gasteiger partial charge on any atom is 0.225 e. The van der Waals surface area contributed by atoms with Gasteiger partial charge >= 0.3 is 0 Å². The number of nitrogens with zero attached hydrogens (tertiary/aromatic N) is 1. The number of carbonyl (C=O) groups excluding carboxylic acids is 1. The second-order valence-electron chi connectivity index (χ2n) is 6.26. The Bertz CT molecular complexity index is 465. The molecular weight excluding hydrogens is 291 g/mol. The van der Waals surface area contributed by atoms with E-state index in [1.807, 2.05) is 20.8 Å². The standard InChI is InChI=1S/C16H25FN2O.ClH/c1-12(9-13-7-5-6-8-14(13)17)15(20)19(4)11-16(2,3)10-18;/h5-8,12H,9-11,18H2,1-4H3;1H. The van der Waals surface area contributed by atoms with Crippen LogP contribution < -0.4 is 5.73 Å². The predicted molar refractivity (Wildman–Crippen MR) is 87.0 cm³/mol. The zero-order chi connectivity index (χ0) is 15.3. The Balaban J connectivity index is 0.00000400. The van der Waals surface area contributed by atoms with Crippen LogP contribution in [0.1, 0.15) is 26.3 Å². The highest BCUT2D eigenvalue weighted by Gasteiger charge is 2.24. The van der Waals surface area contributed by atoms with Crippen molar-refractivity contribution in [3.63, 3.8) is 0 Å². The number of nitrogens with two attached hydrogens (primary N) is 1. The lowest BCUT2D eigenvalue weighted by Crippen LogP contribution is -2.42. The SMILES string of the molecule is CC(Cc1ccccc1F)C(=O)N(C)CC(C)(C)CN.Cl. The summed E-state index contributed by atoms with van der Waals surface area (Å²) in [6, 6.07) is 6.59. The number of amides is 1. The third kappa shape index (κ3) is 6.02. The third-order valence-electron chi connectivity index (χ3n) is 3.50. The first-order valence-corrected chi connectivity index (χ1v) is 6.95. The van der Waals surface area contributed by atoms with Crippen LogP contribution in [0.15, 0.2) is 24.3 Å². The van der Waals surface area contributed by atoms with Gasteiger partial charge in [-0.05, 0) is 30.0 Å². The van der Waals surface area contributed by atoms with Crippen LogP contribution in [0.25, 0.3) is 0 Å². The summed E-state index contributed by atoms with van der Waals surface area (Å²) in [6.45, 7) is 7.01. The lowest BCUT2D eigenvalue weighted by atomic mass is 9.92.